The molecule has 0 unspecified atom stereocenters. The van der Waals surface area contributed by atoms with Crippen LogP contribution in [0.25, 0.3) is 10.2 Å². The van der Waals surface area contributed by atoms with Crippen molar-refractivity contribution in [1.82, 2.24) is 9.88 Å². The molecule has 0 N–H and O–H groups in total. The maximum atomic E-state index is 13.0. The summed E-state index contributed by atoms with van der Waals surface area (Å²) in [6.45, 7) is 0.756. The van der Waals surface area contributed by atoms with E-state index >= 15 is 0 Å². The lowest BCUT2D eigenvalue weighted by atomic mass is 9.89. The van der Waals surface area contributed by atoms with Crippen molar-refractivity contribution in [3.8, 4) is 0 Å². The summed E-state index contributed by atoms with van der Waals surface area (Å²) in [6, 6.07) is 14.3. The number of benzene rings is 2. The molecule has 3 aromatic rings. The third-order valence-electron chi connectivity index (χ3n) is 6.41. The van der Waals surface area contributed by atoms with E-state index in [-0.39, 0.29) is 30.6 Å². The highest BCUT2D eigenvalue weighted by atomic mass is 32.1. The molecule has 1 fully saturated rings. The first kappa shape index (κ1) is 19.4. The molecule has 0 spiro atoms. The summed E-state index contributed by atoms with van der Waals surface area (Å²) in [4.78, 5) is 32.4. The van der Waals surface area contributed by atoms with E-state index in [2.05, 4.69) is 18.2 Å². The molecule has 2 aliphatic rings. The van der Waals surface area contributed by atoms with Crippen LogP contribution in [0.5, 0.6) is 0 Å². The van der Waals surface area contributed by atoms with Crippen LogP contribution >= 0.6 is 11.3 Å². The monoisotopic (exact) mass is 418 g/mol. The van der Waals surface area contributed by atoms with Gasteiger partial charge in [0.05, 0.1) is 16.3 Å². The molecule has 0 bridgehead atoms. The fraction of sp³-hybridized carbons (Fsp3) is 0.400. The number of thiazole rings is 1. The van der Waals surface area contributed by atoms with E-state index in [9.17, 15) is 9.59 Å². The van der Waals surface area contributed by atoms with Gasteiger partial charge < -0.3 is 4.90 Å². The smallest absolute Gasteiger partial charge is 0.223 e. The third kappa shape index (κ3) is 3.79. The number of likely N-dealkylation sites (tertiary alicyclic amines) is 1. The predicted molar refractivity (Wildman–Crippen MR) is 120 cm³/mol. The molecular formula is C25H26N2O2S. The Morgan fingerprint density at radius 1 is 1.00 bits per heavy atom. The summed E-state index contributed by atoms with van der Waals surface area (Å²) in [5, 5.41) is 1.02. The van der Waals surface area contributed by atoms with Crippen molar-refractivity contribution >= 4 is 33.2 Å². The lowest BCUT2D eigenvalue weighted by Crippen LogP contribution is -2.30. The molecule has 1 atom stereocenters. The van der Waals surface area contributed by atoms with Crippen LogP contribution in [0.4, 0.5) is 0 Å². The molecule has 0 radical (unpaired) electrons. The fourth-order valence-electron chi connectivity index (χ4n) is 4.77. The second-order valence-electron chi connectivity index (χ2n) is 8.38. The van der Waals surface area contributed by atoms with Crippen LogP contribution in [0, 0.1) is 0 Å². The van der Waals surface area contributed by atoms with Crippen LogP contribution in [-0.2, 0) is 17.6 Å². The SMILES string of the molecule is O=C(CCC(=O)N1CCC[C@H]1c1nc2ccccc2s1)c1ccc2c(c1)CCCC2. The molecular weight excluding hydrogens is 392 g/mol. The van der Waals surface area contributed by atoms with E-state index in [4.69, 9.17) is 4.98 Å². The lowest BCUT2D eigenvalue weighted by molar-refractivity contribution is -0.132. The third-order valence-corrected chi connectivity index (χ3v) is 7.54. The maximum Gasteiger partial charge on any atom is 0.223 e. The molecule has 30 heavy (non-hydrogen) atoms. The number of nitrogens with zero attached hydrogens (tertiary/aromatic N) is 2. The summed E-state index contributed by atoms with van der Waals surface area (Å²) >= 11 is 1.68. The zero-order chi connectivity index (χ0) is 20.5. The van der Waals surface area contributed by atoms with E-state index in [1.54, 1.807) is 11.3 Å². The highest BCUT2D eigenvalue weighted by molar-refractivity contribution is 7.18. The zero-order valence-electron chi connectivity index (χ0n) is 17.1. The minimum atomic E-state index is 0.0498. The Morgan fingerprint density at radius 3 is 2.70 bits per heavy atom. The molecule has 154 valence electrons. The van der Waals surface area contributed by atoms with Crippen molar-refractivity contribution in [1.29, 1.82) is 0 Å². The van der Waals surface area contributed by atoms with E-state index in [1.165, 1.54) is 24.0 Å². The second kappa shape index (κ2) is 8.31. The molecule has 2 aromatic carbocycles. The number of fused-ring (bicyclic) bond motifs is 2. The Labute approximate surface area is 180 Å². The summed E-state index contributed by atoms with van der Waals surface area (Å²) in [6.07, 6.45) is 7.11. The Morgan fingerprint density at radius 2 is 1.83 bits per heavy atom. The largest absolute Gasteiger partial charge is 0.333 e. The van der Waals surface area contributed by atoms with Crippen molar-refractivity contribution in [2.75, 3.05) is 6.54 Å². The second-order valence-corrected chi connectivity index (χ2v) is 9.44. The van der Waals surface area contributed by atoms with Crippen molar-refractivity contribution in [3.63, 3.8) is 0 Å². The normalized spacial score (nSPS) is 18.5. The number of hydrogen-bond donors (Lipinski definition) is 0. The molecule has 1 aromatic heterocycles. The molecule has 5 rings (SSSR count). The van der Waals surface area contributed by atoms with Gasteiger partial charge in [-0.1, -0.05) is 24.3 Å². The number of aryl methyl sites for hydroxylation is 2. The summed E-state index contributed by atoms with van der Waals surface area (Å²) in [7, 11) is 0. The first-order valence-electron chi connectivity index (χ1n) is 11.0. The number of carbonyl (C=O) groups excluding carboxylic acids is 2. The van der Waals surface area contributed by atoms with E-state index in [1.807, 2.05) is 29.2 Å². The van der Waals surface area contributed by atoms with Crippen LogP contribution in [0.15, 0.2) is 42.5 Å². The Bertz CT molecular complexity index is 1070. The molecule has 2 heterocycles. The minimum absolute atomic E-state index is 0.0498. The van der Waals surface area contributed by atoms with Crippen LogP contribution < -0.4 is 0 Å². The molecule has 1 saturated heterocycles. The molecule has 1 aliphatic carbocycles. The number of rotatable bonds is 5. The van der Waals surface area contributed by atoms with Crippen LogP contribution in [0.1, 0.15) is 71.1 Å². The minimum Gasteiger partial charge on any atom is -0.333 e. The van der Waals surface area contributed by atoms with Crippen molar-refractivity contribution in [3.05, 3.63) is 64.2 Å². The first-order valence-corrected chi connectivity index (χ1v) is 11.8. The van der Waals surface area contributed by atoms with Crippen LogP contribution in [0.3, 0.4) is 0 Å². The van der Waals surface area contributed by atoms with Crippen molar-refractivity contribution in [2.45, 2.75) is 57.4 Å². The van der Waals surface area contributed by atoms with Gasteiger partial charge in [0.15, 0.2) is 5.78 Å². The van der Waals surface area contributed by atoms with Gasteiger partial charge in [-0.2, -0.15) is 0 Å². The van der Waals surface area contributed by atoms with Gasteiger partial charge in [-0.3, -0.25) is 9.59 Å². The average Bonchev–Trinajstić information content (AvgIpc) is 3.43. The number of Topliss-reactive ketones (excluding diaryl/α,β-unsaturated/α-hetero) is 1. The maximum absolute atomic E-state index is 13.0. The molecule has 0 saturated carbocycles. The standard InChI is InChI=1S/C25H26N2O2S/c28-22(19-12-11-17-6-1-2-7-18(17)16-19)13-14-24(29)27-15-5-9-21(27)25-26-20-8-3-4-10-23(20)30-25/h3-4,8,10-12,16,21H,1-2,5-7,9,13-15H2/t21-/m0/s1. The van der Waals surface area contributed by atoms with Gasteiger partial charge in [0, 0.05) is 24.9 Å². The van der Waals surface area contributed by atoms with Gasteiger partial charge in [-0.15, -0.1) is 11.3 Å². The average molecular weight is 419 g/mol. The van der Waals surface area contributed by atoms with Gasteiger partial charge in [0.25, 0.3) is 0 Å². The van der Waals surface area contributed by atoms with E-state index in [0.29, 0.717) is 0 Å². The van der Waals surface area contributed by atoms with Gasteiger partial charge in [0.2, 0.25) is 5.91 Å². The molecule has 1 aliphatic heterocycles. The van der Waals surface area contributed by atoms with Gasteiger partial charge in [-0.05, 0) is 67.9 Å². The van der Waals surface area contributed by atoms with E-state index < -0.39 is 0 Å². The van der Waals surface area contributed by atoms with Crippen molar-refractivity contribution in [2.24, 2.45) is 0 Å². The van der Waals surface area contributed by atoms with E-state index in [0.717, 1.165) is 53.0 Å². The summed E-state index contributed by atoms with van der Waals surface area (Å²) in [5.41, 5.74) is 4.45. The number of para-hydroxylation sites is 1. The Kier molecular flexibility index (Phi) is 5.38. The summed E-state index contributed by atoms with van der Waals surface area (Å²) in [5.74, 6) is 0.149. The number of amides is 1. The van der Waals surface area contributed by atoms with Gasteiger partial charge >= 0.3 is 0 Å². The number of carbonyl (C=O) groups is 2. The topological polar surface area (TPSA) is 50.3 Å². The van der Waals surface area contributed by atoms with Crippen molar-refractivity contribution < 1.29 is 9.59 Å². The lowest BCUT2D eigenvalue weighted by Gasteiger charge is -2.23. The quantitative estimate of drug-likeness (QED) is 0.514. The highest BCUT2D eigenvalue weighted by Gasteiger charge is 2.32. The number of aromatic nitrogens is 1. The highest BCUT2D eigenvalue weighted by Crippen LogP contribution is 2.37. The number of ketones is 1. The molecule has 4 nitrogen and oxygen atoms in total. The fourth-order valence-corrected chi connectivity index (χ4v) is 5.89. The van der Waals surface area contributed by atoms with Gasteiger partial charge in [0.1, 0.15) is 5.01 Å². The first-order chi connectivity index (χ1) is 14.7. The van der Waals surface area contributed by atoms with Gasteiger partial charge in [-0.25, -0.2) is 4.98 Å². The molecule has 5 heteroatoms. The predicted octanol–water partition coefficient (Wildman–Crippen LogP) is 5.50. The zero-order valence-corrected chi connectivity index (χ0v) is 17.9. The Balaban J connectivity index is 1.25. The number of hydrogen-bond acceptors (Lipinski definition) is 4. The Hall–Kier alpha value is -2.53. The van der Waals surface area contributed by atoms with Crippen LogP contribution in [0.2, 0.25) is 0 Å². The summed E-state index contributed by atoms with van der Waals surface area (Å²) < 4.78 is 1.16. The van der Waals surface area contributed by atoms with Crippen LogP contribution in [-0.4, -0.2) is 28.1 Å². The molecule has 1 amide bonds.